The van der Waals surface area contributed by atoms with E-state index in [9.17, 15) is 4.39 Å². The van der Waals surface area contributed by atoms with Gasteiger partial charge in [-0.05, 0) is 62.6 Å². The quantitative estimate of drug-likeness (QED) is 0.356. The normalized spacial score (nSPS) is 22.1. The predicted molar refractivity (Wildman–Crippen MR) is 138 cm³/mol. The molecule has 1 aromatic heterocycles. The van der Waals surface area contributed by atoms with Gasteiger partial charge in [-0.2, -0.15) is 0 Å². The molecule has 3 aromatic rings. The molecule has 9 heteroatoms. The molecule has 6 nitrogen and oxygen atoms in total. The third kappa shape index (κ3) is 4.86. The largest absolute Gasteiger partial charge is 0.493 e. The summed E-state index contributed by atoms with van der Waals surface area (Å²) in [6.07, 6.45) is 3.83. The summed E-state index contributed by atoms with van der Waals surface area (Å²) in [5.74, 6) is 3.09. The van der Waals surface area contributed by atoms with Crippen molar-refractivity contribution in [2.24, 2.45) is 17.8 Å². The van der Waals surface area contributed by atoms with Gasteiger partial charge in [-0.3, -0.25) is 0 Å². The number of methoxy groups -OCH3 is 1. The number of benzene rings is 2. The second kappa shape index (κ2) is 9.96. The zero-order chi connectivity index (χ0) is 24.7. The first kappa shape index (κ1) is 24.3. The van der Waals surface area contributed by atoms with Crippen LogP contribution in [0.15, 0.2) is 30.6 Å². The first-order chi connectivity index (χ1) is 16.8. The van der Waals surface area contributed by atoms with E-state index in [1.807, 2.05) is 12.1 Å². The van der Waals surface area contributed by atoms with Crippen molar-refractivity contribution in [2.75, 3.05) is 32.1 Å². The number of nitrogens with zero attached hydrogens (tertiary/aromatic N) is 3. The minimum atomic E-state index is -0.643. The fraction of sp³-hybridized carbons (Fsp3) is 0.462. The van der Waals surface area contributed by atoms with Crippen LogP contribution in [0.3, 0.4) is 0 Å². The molecule has 1 aliphatic heterocycles. The Morgan fingerprint density at radius 1 is 1.11 bits per heavy atom. The highest BCUT2D eigenvalue weighted by Crippen LogP contribution is 2.43. The summed E-state index contributed by atoms with van der Waals surface area (Å²) in [4.78, 5) is 11.3. The molecule has 0 amide bonds. The number of ether oxygens (including phenoxy) is 2. The monoisotopic (exact) mass is 518 g/mol. The van der Waals surface area contributed by atoms with Crippen molar-refractivity contribution in [3.63, 3.8) is 0 Å². The first-order valence-corrected chi connectivity index (χ1v) is 12.7. The van der Waals surface area contributed by atoms with Crippen LogP contribution in [-0.2, 0) is 0 Å². The van der Waals surface area contributed by atoms with E-state index >= 15 is 0 Å². The Kier molecular flexibility index (Phi) is 6.93. The summed E-state index contributed by atoms with van der Waals surface area (Å²) in [6, 6.07) is 7.33. The molecule has 5 rings (SSSR count). The van der Waals surface area contributed by atoms with E-state index in [2.05, 4.69) is 34.0 Å². The summed E-state index contributed by atoms with van der Waals surface area (Å²) < 4.78 is 26.5. The second-order valence-corrected chi connectivity index (χ2v) is 10.6. The molecule has 1 saturated heterocycles. The molecule has 186 valence electrons. The van der Waals surface area contributed by atoms with Gasteiger partial charge in [0.2, 0.25) is 0 Å². The molecule has 2 aliphatic rings. The summed E-state index contributed by atoms with van der Waals surface area (Å²) in [5.41, 5.74) is 0.830. The number of hydrogen-bond donors (Lipinski definition) is 1. The maximum Gasteiger partial charge on any atom is 0.166 e. The molecule has 1 N–H and O–H groups in total. The van der Waals surface area contributed by atoms with Crippen LogP contribution in [0.2, 0.25) is 10.0 Å². The van der Waals surface area contributed by atoms with Crippen molar-refractivity contribution in [3.05, 3.63) is 46.5 Å². The molecule has 2 heterocycles. The lowest BCUT2D eigenvalue weighted by atomic mass is 10.0. The predicted octanol–water partition coefficient (Wildman–Crippen LogP) is 6.57. The van der Waals surface area contributed by atoms with E-state index in [4.69, 9.17) is 32.7 Å². The van der Waals surface area contributed by atoms with Gasteiger partial charge < -0.3 is 19.7 Å². The molecule has 1 aliphatic carbocycles. The Bertz CT molecular complexity index is 1230. The summed E-state index contributed by atoms with van der Waals surface area (Å²) in [6.45, 7) is 7.61. The van der Waals surface area contributed by atoms with Gasteiger partial charge in [0.25, 0.3) is 0 Å². The van der Waals surface area contributed by atoms with Crippen LogP contribution in [0.1, 0.15) is 26.7 Å². The third-order valence-corrected chi connectivity index (χ3v) is 8.07. The third-order valence-electron chi connectivity index (χ3n) is 7.29. The number of anilines is 2. The number of fused-ring (bicyclic) bond motifs is 2. The molecular formula is C26H29Cl2FN4O2. The van der Waals surface area contributed by atoms with E-state index in [-0.39, 0.29) is 15.7 Å². The second-order valence-electron chi connectivity index (χ2n) is 9.81. The fourth-order valence-corrected chi connectivity index (χ4v) is 5.72. The van der Waals surface area contributed by atoms with Crippen LogP contribution in [0, 0.1) is 23.6 Å². The molecule has 2 fully saturated rings. The minimum Gasteiger partial charge on any atom is -0.493 e. The Balaban J connectivity index is 1.32. The standard InChI is InChI=1S/C26H29Cl2FN4O2/c1-14(2)33-10-16-6-15(7-17(16)11-33)12-35-23-9-21-18(8-22(23)34-3)26(31-13-30-21)32-20-5-4-19(27)24(28)25(20)29/h4-5,8-9,13-17H,6-7,10-12H2,1-3H3,(H,30,31,32)/t15?,16-,17+. The number of likely N-dealkylation sites (tertiary alicyclic amines) is 1. The Morgan fingerprint density at radius 3 is 2.54 bits per heavy atom. The smallest absolute Gasteiger partial charge is 0.166 e. The lowest BCUT2D eigenvalue weighted by molar-refractivity contribution is 0.209. The average Bonchev–Trinajstić information content (AvgIpc) is 3.42. The number of halogens is 3. The van der Waals surface area contributed by atoms with Crippen LogP contribution in [0.25, 0.3) is 10.9 Å². The topological polar surface area (TPSA) is 59.5 Å². The van der Waals surface area contributed by atoms with E-state index in [1.165, 1.54) is 44.4 Å². The number of hydrogen-bond acceptors (Lipinski definition) is 6. The van der Waals surface area contributed by atoms with Gasteiger partial charge >= 0.3 is 0 Å². The van der Waals surface area contributed by atoms with Crippen LogP contribution in [-0.4, -0.2) is 47.7 Å². The average molecular weight is 519 g/mol. The van der Waals surface area contributed by atoms with Crippen molar-refractivity contribution >= 4 is 45.6 Å². The van der Waals surface area contributed by atoms with Crippen molar-refractivity contribution in [1.82, 2.24) is 14.9 Å². The van der Waals surface area contributed by atoms with Crippen LogP contribution in [0.5, 0.6) is 11.5 Å². The molecule has 1 unspecified atom stereocenters. The highest BCUT2D eigenvalue weighted by molar-refractivity contribution is 6.42. The molecule has 35 heavy (non-hydrogen) atoms. The molecule has 1 saturated carbocycles. The number of rotatable bonds is 7. The Morgan fingerprint density at radius 2 is 1.86 bits per heavy atom. The minimum absolute atomic E-state index is 0.142. The van der Waals surface area contributed by atoms with Gasteiger partial charge in [-0.15, -0.1) is 0 Å². The van der Waals surface area contributed by atoms with Gasteiger partial charge in [0.05, 0.1) is 35.0 Å². The first-order valence-electron chi connectivity index (χ1n) is 11.9. The SMILES string of the molecule is COc1cc2c(Nc3ccc(Cl)c(Cl)c3F)ncnc2cc1OCC1C[C@@H]2CN(C(C)C)C[C@@H]2C1. The van der Waals surface area contributed by atoms with Crippen molar-refractivity contribution in [3.8, 4) is 11.5 Å². The molecular weight excluding hydrogens is 490 g/mol. The highest BCUT2D eigenvalue weighted by Gasteiger charge is 2.41. The zero-order valence-electron chi connectivity index (χ0n) is 20.0. The molecule has 0 spiro atoms. The molecule has 0 bridgehead atoms. The molecule has 3 atom stereocenters. The van der Waals surface area contributed by atoms with Crippen molar-refractivity contribution in [2.45, 2.75) is 32.7 Å². The Labute approximate surface area is 214 Å². The lowest BCUT2D eigenvalue weighted by Gasteiger charge is -2.22. The Hall–Kier alpha value is -2.35. The summed E-state index contributed by atoms with van der Waals surface area (Å²) >= 11 is 11.9. The van der Waals surface area contributed by atoms with E-state index < -0.39 is 5.82 Å². The summed E-state index contributed by atoms with van der Waals surface area (Å²) in [5, 5.41) is 3.67. The van der Waals surface area contributed by atoms with E-state index in [0.717, 1.165) is 11.8 Å². The van der Waals surface area contributed by atoms with Gasteiger partial charge in [-0.1, -0.05) is 23.2 Å². The van der Waals surface area contributed by atoms with Crippen LogP contribution < -0.4 is 14.8 Å². The number of aromatic nitrogens is 2. The molecule has 0 radical (unpaired) electrons. The van der Waals surface area contributed by atoms with Crippen molar-refractivity contribution < 1.29 is 13.9 Å². The van der Waals surface area contributed by atoms with Gasteiger partial charge in [0.1, 0.15) is 12.1 Å². The maximum atomic E-state index is 14.6. The van der Waals surface area contributed by atoms with Crippen LogP contribution in [0.4, 0.5) is 15.9 Å². The summed E-state index contributed by atoms with van der Waals surface area (Å²) in [7, 11) is 1.60. The van der Waals surface area contributed by atoms with E-state index in [1.54, 1.807) is 7.11 Å². The number of nitrogens with one attached hydrogen (secondary N) is 1. The van der Waals surface area contributed by atoms with Gasteiger partial charge in [0, 0.05) is 30.6 Å². The van der Waals surface area contributed by atoms with Crippen molar-refractivity contribution in [1.29, 1.82) is 0 Å². The van der Waals surface area contributed by atoms with Gasteiger partial charge in [-0.25, -0.2) is 14.4 Å². The van der Waals surface area contributed by atoms with Gasteiger partial charge in [0.15, 0.2) is 17.3 Å². The van der Waals surface area contributed by atoms with E-state index in [0.29, 0.717) is 46.8 Å². The zero-order valence-corrected chi connectivity index (χ0v) is 21.5. The van der Waals surface area contributed by atoms with Crippen LogP contribution >= 0.6 is 23.2 Å². The highest BCUT2D eigenvalue weighted by atomic mass is 35.5. The maximum absolute atomic E-state index is 14.6. The lowest BCUT2D eigenvalue weighted by Crippen LogP contribution is -2.29. The molecule has 2 aromatic carbocycles. The fourth-order valence-electron chi connectivity index (χ4n) is 5.41.